The Labute approximate surface area is 337 Å². The van der Waals surface area contributed by atoms with E-state index in [4.69, 9.17) is 29.0 Å². The van der Waals surface area contributed by atoms with Gasteiger partial charge in [-0.2, -0.15) is 9.61 Å². The molecule has 3 atom stereocenters. The first kappa shape index (κ1) is 43.8. The zero-order valence-electron chi connectivity index (χ0n) is 36.2. The number of hydrogen-bond donors (Lipinski definition) is 1. The molecule has 2 saturated heterocycles. The number of aromatic nitrogens is 4. The Morgan fingerprint density at radius 3 is 2.02 bits per heavy atom. The van der Waals surface area contributed by atoms with Crippen LogP contribution in [0.5, 0.6) is 0 Å². The molecule has 2 aliphatic rings. The van der Waals surface area contributed by atoms with Gasteiger partial charge in [-0.1, -0.05) is 51.9 Å². The van der Waals surface area contributed by atoms with Gasteiger partial charge in [0.1, 0.15) is 36.2 Å². The molecule has 2 bridgehead atoms. The smallest absolute Gasteiger partial charge is 0.410 e. The van der Waals surface area contributed by atoms with Crippen LogP contribution in [-0.2, 0) is 24.5 Å². The van der Waals surface area contributed by atoms with E-state index in [1.165, 1.54) is 0 Å². The Kier molecular flexibility index (Phi) is 13.5. The summed E-state index contributed by atoms with van der Waals surface area (Å²) in [7, 11) is -2.70. The fraction of sp³-hybridized carbons (Fsp3) is 0.667. The summed E-state index contributed by atoms with van der Waals surface area (Å²) in [6, 6.07) is 5.92. The molecule has 14 heteroatoms. The monoisotopic (exact) mass is 808 g/mol. The zero-order chi connectivity index (χ0) is 41.2. The predicted molar refractivity (Wildman–Crippen MR) is 229 cm³/mol. The summed E-state index contributed by atoms with van der Waals surface area (Å²) in [5, 5.41) is 15.6. The molecule has 0 radical (unpaired) electrons. The zero-order valence-corrected chi connectivity index (χ0v) is 38.2. The predicted octanol–water partition coefficient (Wildman–Crippen LogP) is 9.10. The minimum atomic E-state index is -1.35. The molecule has 0 saturated carbocycles. The van der Waals surface area contributed by atoms with Gasteiger partial charge in [0, 0.05) is 64.7 Å². The van der Waals surface area contributed by atoms with Crippen LogP contribution >= 0.6 is 0 Å². The molecule has 310 valence electrons. The van der Waals surface area contributed by atoms with Crippen LogP contribution in [-0.4, -0.2) is 103 Å². The second-order valence-electron chi connectivity index (χ2n) is 19.5. The van der Waals surface area contributed by atoms with Crippen molar-refractivity contribution in [3.05, 3.63) is 48.1 Å². The van der Waals surface area contributed by atoms with Crippen molar-refractivity contribution in [1.82, 2.24) is 24.5 Å². The Balaban J connectivity index is 1.67. The molecule has 0 aliphatic carbocycles. The van der Waals surface area contributed by atoms with Gasteiger partial charge < -0.3 is 33.9 Å². The molecule has 2 fully saturated rings. The van der Waals surface area contributed by atoms with Crippen molar-refractivity contribution in [1.29, 1.82) is 0 Å². The summed E-state index contributed by atoms with van der Waals surface area (Å²) < 4.78 is 27.0. The van der Waals surface area contributed by atoms with Crippen LogP contribution < -0.4 is 4.90 Å². The minimum absolute atomic E-state index is 0.00282. The standard InChI is InChI=1S/C42H68N6O6Si2/c1-14-53-29(2)36-37(31-23-32-16-17-33(24-31)47(32)40(49)54-41(3,4)5)45-38-34(30-15-18-35(43-25-30)42(6,7)50)26-44-48(38)39(36)46(27-51-19-21-55(8,9)10)28-52-20-22-56(11,12)13/h15,18,25-26,31-33,50H,2,14,16-17,19-24,27-28H2,1,3-13H3/t31?,32-,33?/m1/s1. The largest absolute Gasteiger partial charge is 0.494 e. The Bertz CT molecular complexity index is 1790. The third-order valence-corrected chi connectivity index (χ3v) is 13.9. The van der Waals surface area contributed by atoms with E-state index in [-0.39, 0.29) is 37.6 Å². The number of ether oxygens (including phenoxy) is 4. The highest BCUT2D eigenvalue weighted by Gasteiger charge is 2.46. The lowest BCUT2D eigenvalue weighted by molar-refractivity contribution is 0.00565. The fourth-order valence-electron chi connectivity index (χ4n) is 7.49. The summed E-state index contributed by atoms with van der Waals surface area (Å²) in [5.74, 6) is 1.26. The number of anilines is 1. The molecule has 56 heavy (non-hydrogen) atoms. The van der Waals surface area contributed by atoms with Gasteiger partial charge in [0.2, 0.25) is 0 Å². The lowest BCUT2D eigenvalue weighted by atomic mass is 9.85. The van der Waals surface area contributed by atoms with Crippen molar-refractivity contribution in [2.75, 3.05) is 38.2 Å². The van der Waals surface area contributed by atoms with Crippen molar-refractivity contribution >= 4 is 39.5 Å². The molecule has 2 unspecified atom stereocenters. The van der Waals surface area contributed by atoms with Gasteiger partial charge in [-0.25, -0.2) is 9.78 Å². The Morgan fingerprint density at radius 2 is 1.54 bits per heavy atom. The minimum Gasteiger partial charge on any atom is -0.494 e. The summed E-state index contributed by atoms with van der Waals surface area (Å²) in [6.45, 7) is 32.0. The van der Waals surface area contributed by atoms with Crippen LogP contribution in [0.1, 0.15) is 90.1 Å². The summed E-state index contributed by atoms with van der Waals surface area (Å²) >= 11 is 0. The van der Waals surface area contributed by atoms with Crippen molar-refractivity contribution < 1.29 is 28.8 Å². The molecule has 3 aromatic rings. The van der Waals surface area contributed by atoms with Crippen LogP contribution in [0.25, 0.3) is 22.5 Å². The van der Waals surface area contributed by atoms with Gasteiger partial charge in [0.25, 0.3) is 0 Å². The number of amides is 1. The Hall–Kier alpha value is -3.31. The normalized spacial score (nSPS) is 19.1. The van der Waals surface area contributed by atoms with Gasteiger partial charge >= 0.3 is 6.09 Å². The average molecular weight is 809 g/mol. The molecular formula is C42H68N6O6Si2. The SMILES string of the molecule is C=C(OCC)c1c(C2CC3CC[C@H](C2)N3C(=O)OC(C)(C)C)nc2c(-c3ccc(C(C)(C)O)nc3)cnn2c1N(COCC[Si](C)(C)C)COCC[Si](C)(C)C. The second-order valence-corrected chi connectivity index (χ2v) is 30.8. The van der Waals surface area contributed by atoms with E-state index in [0.29, 0.717) is 36.9 Å². The van der Waals surface area contributed by atoms with E-state index in [1.807, 2.05) is 55.4 Å². The summed E-state index contributed by atoms with van der Waals surface area (Å²) in [5.41, 5.74) is 2.87. The molecule has 0 aromatic carbocycles. The van der Waals surface area contributed by atoms with E-state index in [1.54, 1.807) is 20.0 Å². The molecule has 3 aromatic heterocycles. The number of piperidine rings is 1. The van der Waals surface area contributed by atoms with Gasteiger partial charge in [-0.3, -0.25) is 4.98 Å². The first-order chi connectivity index (χ1) is 26.1. The summed E-state index contributed by atoms with van der Waals surface area (Å²) in [6.07, 6.45) is 6.64. The highest BCUT2D eigenvalue weighted by molar-refractivity contribution is 6.76. The highest BCUT2D eigenvalue weighted by atomic mass is 28.3. The maximum Gasteiger partial charge on any atom is 0.410 e. The Morgan fingerprint density at radius 1 is 0.946 bits per heavy atom. The molecule has 0 spiro atoms. The molecule has 2 aliphatic heterocycles. The number of carbonyl (C=O) groups excluding carboxylic acids is 1. The molecular weight excluding hydrogens is 741 g/mol. The molecule has 1 N–H and O–H groups in total. The maximum atomic E-state index is 13.5. The number of hydrogen-bond acceptors (Lipinski definition) is 10. The number of pyridine rings is 1. The van der Waals surface area contributed by atoms with E-state index >= 15 is 0 Å². The molecule has 5 heterocycles. The lowest BCUT2D eigenvalue weighted by Gasteiger charge is -2.40. The lowest BCUT2D eigenvalue weighted by Crippen LogP contribution is -2.48. The van der Waals surface area contributed by atoms with Crippen LogP contribution in [0.4, 0.5) is 10.6 Å². The van der Waals surface area contributed by atoms with Crippen molar-refractivity contribution in [3.63, 3.8) is 0 Å². The van der Waals surface area contributed by atoms with Crippen LogP contribution in [0.3, 0.4) is 0 Å². The van der Waals surface area contributed by atoms with E-state index in [2.05, 4.69) is 55.7 Å². The third kappa shape index (κ3) is 11.0. The average Bonchev–Trinajstić information content (AvgIpc) is 3.62. The van der Waals surface area contributed by atoms with Gasteiger partial charge in [-0.05, 0) is 85.4 Å². The topological polar surface area (TPSA) is 124 Å². The van der Waals surface area contributed by atoms with Gasteiger partial charge in [0.15, 0.2) is 5.65 Å². The number of nitrogens with zero attached hydrogens (tertiary/aromatic N) is 6. The fourth-order valence-corrected chi connectivity index (χ4v) is 9.01. The number of carbonyl (C=O) groups is 1. The first-order valence-electron chi connectivity index (χ1n) is 20.4. The van der Waals surface area contributed by atoms with E-state index in [9.17, 15) is 9.90 Å². The maximum absolute atomic E-state index is 13.5. The summed E-state index contributed by atoms with van der Waals surface area (Å²) in [4.78, 5) is 27.7. The molecule has 1 amide bonds. The van der Waals surface area contributed by atoms with Crippen LogP contribution in [0.2, 0.25) is 51.4 Å². The quantitative estimate of drug-likeness (QED) is 0.0612. The van der Waals surface area contributed by atoms with Crippen LogP contribution in [0, 0.1) is 0 Å². The highest BCUT2D eigenvalue weighted by Crippen LogP contribution is 2.47. The second kappa shape index (κ2) is 17.3. The van der Waals surface area contributed by atoms with Crippen LogP contribution in [0.15, 0.2) is 31.1 Å². The van der Waals surface area contributed by atoms with Crippen molar-refractivity contribution in [3.8, 4) is 11.1 Å². The van der Waals surface area contributed by atoms with E-state index < -0.39 is 27.3 Å². The third-order valence-electron chi connectivity index (χ3n) is 10.5. The molecule has 5 rings (SSSR count). The number of aliphatic hydroxyl groups is 1. The molecule has 12 nitrogen and oxygen atoms in total. The van der Waals surface area contributed by atoms with Crippen molar-refractivity contribution in [2.24, 2.45) is 0 Å². The van der Waals surface area contributed by atoms with Crippen molar-refractivity contribution in [2.45, 2.75) is 148 Å². The first-order valence-corrected chi connectivity index (χ1v) is 27.8. The van der Waals surface area contributed by atoms with E-state index in [0.717, 1.165) is 66.0 Å². The van der Waals surface area contributed by atoms with Gasteiger partial charge in [0.05, 0.1) is 29.8 Å². The number of rotatable bonds is 17. The number of fused-ring (bicyclic) bond motifs is 3. The van der Waals surface area contributed by atoms with Gasteiger partial charge in [-0.15, -0.1) is 0 Å².